The Balaban J connectivity index is 1.68. The van der Waals surface area contributed by atoms with Crippen molar-refractivity contribution in [1.29, 1.82) is 0 Å². The van der Waals surface area contributed by atoms with E-state index in [2.05, 4.69) is 25.1 Å². The largest absolute Gasteiger partial charge is 0.492 e. The van der Waals surface area contributed by atoms with Gasteiger partial charge in [-0.1, -0.05) is 11.6 Å². The molecule has 0 radical (unpaired) electrons. The van der Waals surface area contributed by atoms with Crippen LogP contribution in [0.15, 0.2) is 41.6 Å². The fourth-order valence-electron chi connectivity index (χ4n) is 4.77. The number of carbonyl (C=O) groups is 1. The Morgan fingerprint density at radius 1 is 1.11 bits per heavy atom. The Morgan fingerprint density at radius 2 is 1.92 bits per heavy atom. The summed E-state index contributed by atoms with van der Waals surface area (Å²) in [6.07, 6.45) is 6.99. The first-order valence-corrected chi connectivity index (χ1v) is 13.6. The minimum absolute atomic E-state index is 0.0979. The minimum Gasteiger partial charge on any atom is -0.492 e. The van der Waals surface area contributed by atoms with Crippen LogP contribution in [0.25, 0.3) is 5.69 Å². The molecule has 5 rings (SSSR count). The predicted octanol–water partition coefficient (Wildman–Crippen LogP) is 3.74. The quantitative estimate of drug-likeness (QED) is 0.505. The number of aromatic nitrogens is 4. The lowest BCUT2D eigenvalue weighted by molar-refractivity contribution is 0.0696. The number of nitrogens with one attached hydrogen (secondary N) is 1. The van der Waals surface area contributed by atoms with Crippen molar-refractivity contribution in [3.05, 3.63) is 47.2 Å². The molecule has 36 heavy (non-hydrogen) atoms. The van der Waals surface area contributed by atoms with Crippen LogP contribution in [0, 0.1) is 0 Å². The third kappa shape index (κ3) is 4.82. The molecule has 13 heteroatoms. The molecule has 190 valence electrons. The molecule has 0 spiro atoms. The normalized spacial score (nSPS) is 19.7. The van der Waals surface area contributed by atoms with Crippen LogP contribution in [0.1, 0.15) is 48.9 Å². The summed E-state index contributed by atoms with van der Waals surface area (Å²) < 4.78 is 37.2. The lowest BCUT2D eigenvalue weighted by Crippen LogP contribution is -2.40. The molecule has 1 aromatic heterocycles. The molecule has 2 aliphatic rings. The number of anilines is 2. The Labute approximate surface area is 213 Å². The summed E-state index contributed by atoms with van der Waals surface area (Å²) in [6, 6.07) is 7.38. The molecular formula is C23H25ClN6O5S. The summed E-state index contributed by atoms with van der Waals surface area (Å²) in [4.78, 5) is 13.6. The number of halogens is 1. The highest BCUT2D eigenvalue weighted by atomic mass is 35.5. The summed E-state index contributed by atoms with van der Waals surface area (Å²) in [6.45, 7) is 1.08. The Kier molecular flexibility index (Phi) is 6.71. The van der Waals surface area contributed by atoms with Crippen LogP contribution >= 0.6 is 11.6 Å². The van der Waals surface area contributed by atoms with E-state index in [9.17, 15) is 18.3 Å². The maximum atomic E-state index is 13.7. The van der Waals surface area contributed by atoms with E-state index in [4.69, 9.17) is 16.3 Å². The molecule has 3 heterocycles. The van der Waals surface area contributed by atoms with Gasteiger partial charge in [-0.15, -0.1) is 5.10 Å². The molecule has 1 unspecified atom stereocenters. The van der Waals surface area contributed by atoms with Gasteiger partial charge < -0.3 is 14.7 Å². The van der Waals surface area contributed by atoms with Crippen LogP contribution in [0.4, 0.5) is 11.4 Å². The van der Waals surface area contributed by atoms with Gasteiger partial charge in [-0.3, -0.25) is 4.72 Å². The minimum atomic E-state index is -4.26. The van der Waals surface area contributed by atoms with Crippen LogP contribution in [0.5, 0.6) is 5.75 Å². The number of carboxylic acids is 1. The van der Waals surface area contributed by atoms with Crippen LogP contribution in [-0.2, 0) is 10.0 Å². The average molecular weight is 533 g/mol. The second kappa shape index (κ2) is 9.94. The maximum absolute atomic E-state index is 13.7. The Morgan fingerprint density at radius 3 is 2.67 bits per heavy atom. The number of tetrazole rings is 1. The van der Waals surface area contributed by atoms with Crippen LogP contribution in [0.3, 0.4) is 0 Å². The Bertz CT molecular complexity index is 1380. The van der Waals surface area contributed by atoms with Gasteiger partial charge >= 0.3 is 5.97 Å². The van der Waals surface area contributed by atoms with Crippen LogP contribution in [-0.4, -0.2) is 58.9 Å². The summed E-state index contributed by atoms with van der Waals surface area (Å²) >= 11 is 6.64. The number of hydrogen-bond donors (Lipinski definition) is 2. The summed E-state index contributed by atoms with van der Waals surface area (Å²) in [5.41, 5.74) is 1.19. The first-order chi connectivity index (χ1) is 17.3. The number of piperidine rings is 1. The van der Waals surface area contributed by atoms with Gasteiger partial charge in [0.2, 0.25) is 0 Å². The molecule has 2 aromatic carbocycles. The molecule has 1 atom stereocenters. The molecular weight excluding hydrogens is 508 g/mol. The lowest BCUT2D eigenvalue weighted by Gasteiger charge is -2.39. The molecule has 3 aromatic rings. The van der Waals surface area contributed by atoms with Gasteiger partial charge in [0.1, 0.15) is 17.0 Å². The monoisotopic (exact) mass is 532 g/mol. The van der Waals surface area contributed by atoms with Crippen molar-refractivity contribution in [2.75, 3.05) is 22.8 Å². The molecule has 0 saturated carbocycles. The van der Waals surface area contributed by atoms with E-state index in [1.807, 2.05) is 0 Å². The van der Waals surface area contributed by atoms with E-state index in [1.165, 1.54) is 23.1 Å². The number of ether oxygens (including phenoxy) is 1. The van der Waals surface area contributed by atoms with Gasteiger partial charge in [0.25, 0.3) is 10.0 Å². The topological polar surface area (TPSA) is 140 Å². The zero-order chi connectivity index (χ0) is 25.3. The van der Waals surface area contributed by atoms with Gasteiger partial charge in [-0.05, 0) is 79.3 Å². The zero-order valence-corrected chi connectivity index (χ0v) is 20.9. The number of benzene rings is 2. The highest BCUT2D eigenvalue weighted by molar-refractivity contribution is 7.92. The van der Waals surface area contributed by atoms with Crippen LogP contribution < -0.4 is 14.4 Å². The van der Waals surface area contributed by atoms with E-state index in [0.717, 1.165) is 51.1 Å². The summed E-state index contributed by atoms with van der Waals surface area (Å²) in [5, 5.41) is 21.0. The SMILES string of the molecule is O=C(O)c1ccc2c(c1)S(=O)(=O)Nc1cc(-n3cnnn3)c(Cl)cc1N1CCCCC1CCCCO2. The number of sulfonamides is 1. The van der Waals surface area contributed by atoms with Crippen molar-refractivity contribution in [3.8, 4) is 11.4 Å². The number of hydrogen-bond acceptors (Lipinski definition) is 8. The van der Waals surface area contributed by atoms with Gasteiger partial charge in [-0.25, -0.2) is 13.2 Å². The summed E-state index contributed by atoms with van der Waals surface area (Å²) in [5.74, 6) is -1.14. The fourth-order valence-corrected chi connectivity index (χ4v) is 6.25. The first-order valence-electron chi connectivity index (χ1n) is 11.7. The van der Waals surface area contributed by atoms with Gasteiger partial charge in [0, 0.05) is 12.6 Å². The van der Waals surface area contributed by atoms with E-state index < -0.39 is 16.0 Å². The Hall–Kier alpha value is -3.38. The molecule has 2 N–H and O–H groups in total. The smallest absolute Gasteiger partial charge is 0.335 e. The number of fused-ring (bicyclic) bond motifs is 4. The van der Waals surface area contributed by atoms with Gasteiger partial charge in [0.05, 0.1) is 34.3 Å². The molecule has 1 fully saturated rings. The van der Waals surface area contributed by atoms with Crippen molar-refractivity contribution < 1.29 is 23.1 Å². The molecule has 0 aliphatic carbocycles. The van der Waals surface area contributed by atoms with Crippen molar-refractivity contribution in [2.24, 2.45) is 0 Å². The maximum Gasteiger partial charge on any atom is 0.335 e. The van der Waals surface area contributed by atoms with Gasteiger partial charge in [0.15, 0.2) is 0 Å². The number of aromatic carboxylic acids is 1. The van der Waals surface area contributed by atoms with Gasteiger partial charge in [-0.2, -0.15) is 4.68 Å². The van der Waals surface area contributed by atoms with Crippen LogP contribution in [0.2, 0.25) is 5.02 Å². The fraction of sp³-hybridized carbons (Fsp3) is 0.391. The number of rotatable bonds is 2. The predicted molar refractivity (Wildman–Crippen MR) is 133 cm³/mol. The third-order valence-corrected chi connectivity index (χ3v) is 8.20. The summed E-state index contributed by atoms with van der Waals surface area (Å²) in [7, 11) is -4.26. The van der Waals surface area contributed by atoms with Crippen molar-refractivity contribution in [2.45, 2.75) is 49.5 Å². The molecule has 0 bridgehead atoms. The highest BCUT2D eigenvalue weighted by Gasteiger charge is 2.29. The highest BCUT2D eigenvalue weighted by Crippen LogP contribution is 2.40. The molecule has 11 nitrogen and oxygen atoms in total. The average Bonchev–Trinajstić information content (AvgIpc) is 3.39. The number of carboxylic acid groups (broad SMARTS) is 1. The number of nitrogens with zero attached hydrogens (tertiary/aromatic N) is 5. The molecule has 1 saturated heterocycles. The van der Waals surface area contributed by atoms with E-state index in [1.54, 1.807) is 12.1 Å². The zero-order valence-electron chi connectivity index (χ0n) is 19.3. The second-order valence-electron chi connectivity index (χ2n) is 8.83. The lowest BCUT2D eigenvalue weighted by atomic mass is 9.96. The molecule has 2 aliphatic heterocycles. The van der Waals surface area contributed by atoms with Crippen molar-refractivity contribution in [3.63, 3.8) is 0 Å². The van der Waals surface area contributed by atoms with Crippen molar-refractivity contribution in [1.82, 2.24) is 20.2 Å². The second-order valence-corrected chi connectivity index (χ2v) is 10.9. The molecule has 0 amide bonds. The van der Waals surface area contributed by atoms with E-state index in [0.29, 0.717) is 28.7 Å². The first kappa shape index (κ1) is 24.3. The van der Waals surface area contributed by atoms with E-state index in [-0.39, 0.29) is 22.3 Å². The third-order valence-electron chi connectivity index (χ3n) is 6.51. The van der Waals surface area contributed by atoms with Crippen molar-refractivity contribution >= 4 is 39.0 Å². The van der Waals surface area contributed by atoms with E-state index >= 15 is 0 Å². The standard InChI is InChI=1S/C23H25ClN6O5S/c24-17-12-20-18(13-19(17)30-14-25-27-28-30)26-36(33,34)22-11-15(23(31)32)7-8-21(22)35-10-4-2-6-16-5-1-3-9-29(16)20/h7-8,11-14,16,26H,1-6,9-10H2,(H,31,32).